The summed E-state index contributed by atoms with van der Waals surface area (Å²) in [5.74, 6) is -0.622. The molecule has 2 aromatic heterocycles. The van der Waals surface area contributed by atoms with Gasteiger partial charge in [0, 0.05) is 22.0 Å². The molecule has 2 heterocycles. The van der Waals surface area contributed by atoms with E-state index in [2.05, 4.69) is 4.98 Å². The molecule has 0 amide bonds. The van der Waals surface area contributed by atoms with Crippen LogP contribution >= 0.6 is 11.6 Å². The summed E-state index contributed by atoms with van der Waals surface area (Å²) in [5.41, 5.74) is 1.76. The number of aromatic nitrogens is 2. The summed E-state index contributed by atoms with van der Waals surface area (Å²) in [6.07, 6.45) is 1.16. The molecule has 0 aliphatic heterocycles. The van der Waals surface area contributed by atoms with E-state index in [1.54, 1.807) is 43.3 Å². The van der Waals surface area contributed by atoms with Crippen molar-refractivity contribution >= 4 is 39.6 Å². The first-order valence-corrected chi connectivity index (χ1v) is 9.13. The molecule has 0 saturated heterocycles. The Morgan fingerprint density at radius 1 is 1.21 bits per heavy atom. The van der Waals surface area contributed by atoms with Crippen LogP contribution in [0.1, 0.15) is 11.1 Å². The van der Waals surface area contributed by atoms with Crippen molar-refractivity contribution in [1.82, 2.24) is 9.55 Å². The van der Waals surface area contributed by atoms with Crippen LogP contribution < -0.4 is 11.2 Å². The Balaban J connectivity index is 1.60. The van der Waals surface area contributed by atoms with E-state index < -0.39 is 17.2 Å². The van der Waals surface area contributed by atoms with Crippen molar-refractivity contribution in [3.8, 4) is 0 Å². The van der Waals surface area contributed by atoms with Crippen LogP contribution in [0.25, 0.3) is 22.0 Å². The first kappa shape index (κ1) is 18.9. The molecule has 7 nitrogen and oxygen atoms in total. The molecule has 0 aliphatic rings. The number of carbonyl (C=O) groups is 1. The lowest BCUT2D eigenvalue weighted by Gasteiger charge is -2.11. The number of carbonyl (C=O) groups excluding carboxylic acids is 1. The maximum Gasteiger partial charge on any atom is 0.336 e. The number of benzene rings is 2. The SMILES string of the molecule is Cc1cc2oc(=O)cc(COC(=O)Cn3c(=O)cnc4ccccc43)c2cc1Cl. The Labute approximate surface area is 169 Å². The number of para-hydroxylation sites is 2. The van der Waals surface area contributed by atoms with Gasteiger partial charge in [-0.3, -0.25) is 14.2 Å². The Morgan fingerprint density at radius 3 is 2.83 bits per heavy atom. The molecule has 0 N–H and O–H groups in total. The van der Waals surface area contributed by atoms with Gasteiger partial charge in [0.15, 0.2) is 0 Å². The number of hydrogen-bond acceptors (Lipinski definition) is 6. The topological polar surface area (TPSA) is 91.4 Å². The average Bonchev–Trinajstić information content (AvgIpc) is 2.69. The third-order valence-electron chi connectivity index (χ3n) is 4.54. The van der Waals surface area contributed by atoms with Crippen LogP contribution in [0.2, 0.25) is 5.02 Å². The van der Waals surface area contributed by atoms with Crippen molar-refractivity contribution < 1.29 is 13.9 Å². The van der Waals surface area contributed by atoms with Gasteiger partial charge < -0.3 is 9.15 Å². The first-order valence-electron chi connectivity index (χ1n) is 8.75. The Bertz CT molecular complexity index is 1370. The number of halogens is 1. The lowest BCUT2D eigenvalue weighted by molar-refractivity contribution is -0.145. The van der Waals surface area contributed by atoms with E-state index >= 15 is 0 Å². The molecule has 4 rings (SSSR count). The van der Waals surface area contributed by atoms with Gasteiger partial charge in [0.1, 0.15) is 18.7 Å². The van der Waals surface area contributed by atoms with Crippen LogP contribution in [0, 0.1) is 6.92 Å². The lowest BCUT2D eigenvalue weighted by Crippen LogP contribution is -2.25. The highest BCUT2D eigenvalue weighted by Gasteiger charge is 2.13. The highest BCUT2D eigenvalue weighted by molar-refractivity contribution is 6.32. The van der Waals surface area contributed by atoms with Gasteiger partial charge in [0.05, 0.1) is 17.2 Å². The minimum Gasteiger partial charge on any atom is -0.459 e. The summed E-state index contributed by atoms with van der Waals surface area (Å²) in [7, 11) is 0. The summed E-state index contributed by atoms with van der Waals surface area (Å²) in [4.78, 5) is 40.4. The second-order valence-corrected chi connectivity index (χ2v) is 6.93. The van der Waals surface area contributed by atoms with E-state index in [9.17, 15) is 14.4 Å². The van der Waals surface area contributed by atoms with Crippen molar-refractivity contribution in [2.45, 2.75) is 20.1 Å². The fraction of sp³-hybridized carbons (Fsp3) is 0.143. The molecule has 0 fully saturated rings. The molecule has 0 saturated carbocycles. The van der Waals surface area contributed by atoms with E-state index in [1.165, 1.54) is 10.6 Å². The summed E-state index contributed by atoms with van der Waals surface area (Å²) in [5, 5.41) is 1.09. The zero-order valence-electron chi connectivity index (χ0n) is 15.3. The third kappa shape index (κ3) is 3.77. The van der Waals surface area contributed by atoms with Crippen LogP contribution in [-0.2, 0) is 22.7 Å². The molecule has 0 atom stereocenters. The van der Waals surface area contributed by atoms with E-state index in [1.807, 2.05) is 0 Å². The summed E-state index contributed by atoms with van der Waals surface area (Å²) in [6.45, 7) is 1.37. The van der Waals surface area contributed by atoms with Gasteiger partial charge in [0.2, 0.25) is 0 Å². The number of hydrogen-bond donors (Lipinski definition) is 0. The van der Waals surface area contributed by atoms with Crippen molar-refractivity contribution in [1.29, 1.82) is 0 Å². The van der Waals surface area contributed by atoms with Gasteiger partial charge in [-0.15, -0.1) is 0 Å². The second kappa shape index (κ2) is 7.52. The number of esters is 1. The molecular formula is C21H15ClN2O5. The van der Waals surface area contributed by atoms with Crippen molar-refractivity contribution in [3.63, 3.8) is 0 Å². The minimum absolute atomic E-state index is 0.155. The van der Waals surface area contributed by atoms with E-state index in [0.717, 1.165) is 11.8 Å². The normalized spacial score (nSPS) is 11.1. The minimum atomic E-state index is -0.622. The highest BCUT2D eigenvalue weighted by Crippen LogP contribution is 2.25. The maximum absolute atomic E-state index is 12.4. The number of nitrogens with zero attached hydrogens (tertiary/aromatic N) is 2. The average molecular weight is 411 g/mol. The van der Waals surface area contributed by atoms with Crippen LogP contribution in [0.5, 0.6) is 0 Å². The quantitative estimate of drug-likeness (QED) is 0.379. The summed E-state index contributed by atoms with van der Waals surface area (Å²) in [6, 6.07) is 11.6. The lowest BCUT2D eigenvalue weighted by atomic mass is 10.1. The number of aryl methyl sites for hydroxylation is 1. The van der Waals surface area contributed by atoms with Gasteiger partial charge >= 0.3 is 11.6 Å². The molecule has 4 aromatic rings. The highest BCUT2D eigenvalue weighted by atomic mass is 35.5. The smallest absolute Gasteiger partial charge is 0.336 e. The van der Waals surface area contributed by atoms with Crippen LogP contribution in [-0.4, -0.2) is 15.5 Å². The predicted octanol–water partition coefficient (Wildman–Crippen LogP) is 3.21. The number of ether oxygens (including phenoxy) is 1. The van der Waals surface area contributed by atoms with Gasteiger partial charge in [-0.25, -0.2) is 9.78 Å². The largest absolute Gasteiger partial charge is 0.459 e. The van der Waals surface area contributed by atoms with Gasteiger partial charge in [-0.1, -0.05) is 23.7 Å². The molecule has 0 aliphatic carbocycles. The van der Waals surface area contributed by atoms with Gasteiger partial charge in [-0.05, 0) is 36.8 Å². The predicted molar refractivity (Wildman–Crippen MR) is 108 cm³/mol. The molecule has 2 aromatic carbocycles. The van der Waals surface area contributed by atoms with E-state index in [-0.39, 0.29) is 13.2 Å². The molecule has 146 valence electrons. The standard InChI is InChI=1S/C21H15ClN2O5/c1-12-6-18-14(8-15(12)22)13(7-20(26)29-18)11-28-21(27)10-24-17-5-3-2-4-16(17)23-9-19(24)25/h2-9H,10-11H2,1H3. The molecule has 8 heteroatoms. The summed E-state index contributed by atoms with van der Waals surface area (Å²) < 4.78 is 11.8. The Hall–Kier alpha value is -3.45. The fourth-order valence-electron chi connectivity index (χ4n) is 3.08. The fourth-order valence-corrected chi connectivity index (χ4v) is 3.24. The Kier molecular flexibility index (Phi) is 4.90. The molecule has 0 unspecified atom stereocenters. The Morgan fingerprint density at radius 2 is 2.00 bits per heavy atom. The van der Waals surface area contributed by atoms with Crippen molar-refractivity contribution in [2.24, 2.45) is 0 Å². The first-order chi connectivity index (χ1) is 13.9. The maximum atomic E-state index is 12.4. The zero-order valence-corrected chi connectivity index (χ0v) is 16.1. The molecule has 0 spiro atoms. The van der Waals surface area contributed by atoms with E-state index in [0.29, 0.717) is 32.6 Å². The third-order valence-corrected chi connectivity index (χ3v) is 4.95. The molecular weight excluding hydrogens is 396 g/mol. The molecule has 0 bridgehead atoms. The summed E-state index contributed by atoms with van der Waals surface area (Å²) >= 11 is 6.17. The molecule has 0 radical (unpaired) electrons. The van der Waals surface area contributed by atoms with E-state index in [4.69, 9.17) is 20.8 Å². The van der Waals surface area contributed by atoms with Gasteiger partial charge in [0.25, 0.3) is 5.56 Å². The van der Waals surface area contributed by atoms with Crippen LogP contribution in [0.4, 0.5) is 0 Å². The zero-order chi connectivity index (χ0) is 20.5. The molecule has 29 heavy (non-hydrogen) atoms. The second-order valence-electron chi connectivity index (χ2n) is 6.52. The van der Waals surface area contributed by atoms with Crippen LogP contribution in [0.3, 0.4) is 0 Å². The van der Waals surface area contributed by atoms with Crippen molar-refractivity contribution in [2.75, 3.05) is 0 Å². The van der Waals surface area contributed by atoms with Crippen molar-refractivity contribution in [3.05, 3.63) is 85.6 Å². The number of rotatable bonds is 4. The number of fused-ring (bicyclic) bond motifs is 2. The van der Waals surface area contributed by atoms with Gasteiger partial charge in [-0.2, -0.15) is 0 Å². The monoisotopic (exact) mass is 410 g/mol. The van der Waals surface area contributed by atoms with Crippen LogP contribution in [0.15, 0.2) is 62.7 Å².